The van der Waals surface area contributed by atoms with Gasteiger partial charge in [-0.25, -0.2) is 4.79 Å². The molecule has 0 unspecified atom stereocenters. The summed E-state index contributed by atoms with van der Waals surface area (Å²) in [5.41, 5.74) is 1.89. The van der Waals surface area contributed by atoms with Gasteiger partial charge in [-0.05, 0) is 33.1 Å². The summed E-state index contributed by atoms with van der Waals surface area (Å²) in [6.07, 6.45) is 6.98. The summed E-state index contributed by atoms with van der Waals surface area (Å²) in [6, 6.07) is 0.352. The Hall–Kier alpha value is -2.05. The Morgan fingerprint density at radius 3 is 2.35 bits per heavy atom. The number of urea groups is 1. The number of amides is 3. The largest absolute Gasteiger partial charge is 0.361 e. The van der Waals surface area contributed by atoms with Crippen LogP contribution in [0.1, 0.15) is 55.5 Å². The standard InChI is InChI=1S/C19H30N4O3/c1-14-17(15(2)26-21-14)8-9-18(24)22-10-12-23(13-11-22)19(25)20-16-6-4-3-5-7-16/h16H,3-13H2,1-2H3,(H,20,25). The lowest BCUT2D eigenvalue weighted by Crippen LogP contribution is -2.54. The monoisotopic (exact) mass is 362 g/mol. The Bertz CT molecular complexity index is 609. The van der Waals surface area contributed by atoms with Crippen molar-refractivity contribution in [2.75, 3.05) is 26.2 Å². The quantitative estimate of drug-likeness (QED) is 0.892. The van der Waals surface area contributed by atoms with Crippen molar-refractivity contribution in [2.45, 2.75) is 64.8 Å². The molecule has 1 aromatic rings. The van der Waals surface area contributed by atoms with Gasteiger partial charge in [-0.1, -0.05) is 24.4 Å². The predicted molar refractivity (Wildman–Crippen MR) is 97.9 cm³/mol. The van der Waals surface area contributed by atoms with Gasteiger partial charge >= 0.3 is 6.03 Å². The van der Waals surface area contributed by atoms with Gasteiger partial charge in [0.15, 0.2) is 0 Å². The first kappa shape index (κ1) is 18.7. The van der Waals surface area contributed by atoms with Crippen LogP contribution < -0.4 is 5.32 Å². The molecule has 7 nitrogen and oxygen atoms in total. The molecule has 1 aliphatic heterocycles. The van der Waals surface area contributed by atoms with Crippen LogP contribution in [0.2, 0.25) is 0 Å². The van der Waals surface area contributed by atoms with Crippen molar-refractivity contribution in [1.29, 1.82) is 0 Å². The van der Waals surface area contributed by atoms with Crippen LogP contribution in [0.15, 0.2) is 4.52 Å². The highest BCUT2D eigenvalue weighted by molar-refractivity contribution is 5.78. The number of carbonyl (C=O) groups is 2. The summed E-state index contributed by atoms with van der Waals surface area (Å²) >= 11 is 0. The van der Waals surface area contributed by atoms with E-state index in [0.29, 0.717) is 45.1 Å². The van der Waals surface area contributed by atoms with Crippen molar-refractivity contribution < 1.29 is 14.1 Å². The van der Waals surface area contributed by atoms with Gasteiger partial charge in [0.25, 0.3) is 0 Å². The number of hydrogen-bond donors (Lipinski definition) is 1. The van der Waals surface area contributed by atoms with Gasteiger partial charge in [0, 0.05) is 44.2 Å². The highest BCUT2D eigenvalue weighted by Gasteiger charge is 2.26. The van der Waals surface area contributed by atoms with Crippen LogP contribution in [-0.2, 0) is 11.2 Å². The molecule has 1 saturated carbocycles. The number of rotatable bonds is 4. The third-order valence-corrected chi connectivity index (χ3v) is 5.62. The molecule has 0 atom stereocenters. The Balaban J connectivity index is 1.41. The fourth-order valence-electron chi connectivity index (χ4n) is 3.92. The zero-order chi connectivity index (χ0) is 18.5. The molecule has 1 saturated heterocycles. The molecule has 3 amide bonds. The summed E-state index contributed by atoms with van der Waals surface area (Å²) in [5.74, 6) is 0.928. The van der Waals surface area contributed by atoms with E-state index < -0.39 is 0 Å². The van der Waals surface area contributed by atoms with Crippen LogP contribution in [0.25, 0.3) is 0 Å². The molecule has 144 valence electrons. The van der Waals surface area contributed by atoms with Crippen molar-refractivity contribution >= 4 is 11.9 Å². The average molecular weight is 362 g/mol. The van der Waals surface area contributed by atoms with E-state index in [2.05, 4.69) is 10.5 Å². The second kappa shape index (κ2) is 8.56. The molecule has 3 rings (SSSR count). The minimum atomic E-state index is 0.0275. The maximum atomic E-state index is 12.5. The first-order chi connectivity index (χ1) is 12.5. The lowest BCUT2D eigenvalue weighted by Gasteiger charge is -2.36. The van der Waals surface area contributed by atoms with E-state index in [1.165, 1.54) is 19.3 Å². The smallest absolute Gasteiger partial charge is 0.317 e. The Kier molecular flexibility index (Phi) is 6.16. The molecule has 7 heteroatoms. The summed E-state index contributed by atoms with van der Waals surface area (Å²) in [7, 11) is 0. The van der Waals surface area contributed by atoms with Gasteiger partial charge in [0.05, 0.1) is 5.69 Å². The number of carbonyl (C=O) groups excluding carboxylic acids is 2. The molecule has 2 heterocycles. The third-order valence-electron chi connectivity index (χ3n) is 5.62. The van der Waals surface area contributed by atoms with Gasteiger partial charge in [-0.15, -0.1) is 0 Å². The molecule has 0 bridgehead atoms. The molecule has 0 aromatic carbocycles. The van der Waals surface area contributed by atoms with Crippen molar-refractivity contribution in [3.05, 3.63) is 17.0 Å². The molecule has 2 fully saturated rings. The average Bonchev–Trinajstić information content (AvgIpc) is 2.98. The molecule has 0 radical (unpaired) electrons. The molecule has 1 aromatic heterocycles. The van der Waals surface area contributed by atoms with Crippen LogP contribution in [-0.4, -0.2) is 59.1 Å². The lowest BCUT2D eigenvalue weighted by molar-refractivity contribution is -0.132. The second-order valence-corrected chi connectivity index (χ2v) is 7.45. The van der Waals surface area contributed by atoms with Gasteiger partial charge in [0.1, 0.15) is 5.76 Å². The zero-order valence-electron chi connectivity index (χ0n) is 15.9. The van der Waals surface area contributed by atoms with E-state index in [-0.39, 0.29) is 11.9 Å². The van der Waals surface area contributed by atoms with E-state index >= 15 is 0 Å². The summed E-state index contributed by atoms with van der Waals surface area (Å²) in [4.78, 5) is 28.6. The van der Waals surface area contributed by atoms with Gasteiger partial charge in [-0.2, -0.15) is 0 Å². The zero-order valence-corrected chi connectivity index (χ0v) is 15.9. The van der Waals surface area contributed by atoms with Crippen molar-refractivity contribution in [3.63, 3.8) is 0 Å². The maximum Gasteiger partial charge on any atom is 0.317 e. The Morgan fingerprint density at radius 1 is 1.08 bits per heavy atom. The fraction of sp³-hybridized carbons (Fsp3) is 0.737. The van der Waals surface area contributed by atoms with Crippen LogP contribution >= 0.6 is 0 Å². The van der Waals surface area contributed by atoms with Gasteiger partial charge in [-0.3, -0.25) is 4.79 Å². The minimum absolute atomic E-state index is 0.0275. The molecule has 0 spiro atoms. The Morgan fingerprint density at radius 2 is 1.73 bits per heavy atom. The fourth-order valence-corrected chi connectivity index (χ4v) is 3.92. The number of aryl methyl sites for hydroxylation is 2. The number of piperazine rings is 1. The SMILES string of the molecule is Cc1noc(C)c1CCC(=O)N1CCN(C(=O)NC2CCCCC2)CC1. The maximum absolute atomic E-state index is 12.5. The van der Waals surface area contributed by atoms with Crippen LogP contribution in [0, 0.1) is 13.8 Å². The summed E-state index contributed by atoms with van der Waals surface area (Å²) < 4.78 is 5.15. The summed E-state index contributed by atoms with van der Waals surface area (Å²) in [6.45, 7) is 6.21. The second-order valence-electron chi connectivity index (χ2n) is 7.45. The van der Waals surface area contributed by atoms with E-state index in [1.54, 1.807) is 0 Å². The normalized spacial score (nSPS) is 18.8. The first-order valence-electron chi connectivity index (χ1n) is 9.79. The minimum Gasteiger partial charge on any atom is -0.361 e. The van der Waals surface area contributed by atoms with Crippen molar-refractivity contribution in [3.8, 4) is 0 Å². The van der Waals surface area contributed by atoms with Gasteiger partial charge in [0.2, 0.25) is 5.91 Å². The summed E-state index contributed by atoms with van der Waals surface area (Å²) in [5, 5.41) is 7.09. The van der Waals surface area contributed by atoms with E-state index in [9.17, 15) is 9.59 Å². The van der Waals surface area contributed by atoms with Crippen molar-refractivity contribution in [2.24, 2.45) is 0 Å². The van der Waals surface area contributed by atoms with Crippen molar-refractivity contribution in [1.82, 2.24) is 20.3 Å². The molecule has 2 aliphatic rings. The van der Waals surface area contributed by atoms with Crippen LogP contribution in [0.4, 0.5) is 4.79 Å². The van der Waals surface area contributed by atoms with Crippen LogP contribution in [0.3, 0.4) is 0 Å². The lowest BCUT2D eigenvalue weighted by atomic mass is 9.96. The molecule has 1 N–H and O–H groups in total. The molecule has 26 heavy (non-hydrogen) atoms. The number of hydrogen-bond acceptors (Lipinski definition) is 4. The molecular weight excluding hydrogens is 332 g/mol. The highest BCUT2D eigenvalue weighted by atomic mass is 16.5. The van der Waals surface area contributed by atoms with Gasteiger partial charge < -0.3 is 19.6 Å². The first-order valence-corrected chi connectivity index (χ1v) is 9.79. The Labute approximate surface area is 155 Å². The predicted octanol–water partition coefficient (Wildman–Crippen LogP) is 2.41. The topological polar surface area (TPSA) is 78.7 Å². The van der Waals surface area contributed by atoms with E-state index in [1.807, 2.05) is 23.6 Å². The highest BCUT2D eigenvalue weighted by Crippen LogP contribution is 2.18. The number of nitrogens with one attached hydrogen (secondary N) is 1. The third kappa shape index (κ3) is 4.56. The van der Waals surface area contributed by atoms with E-state index in [4.69, 9.17) is 4.52 Å². The number of aromatic nitrogens is 1. The van der Waals surface area contributed by atoms with E-state index in [0.717, 1.165) is 29.9 Å². The molecular formula is C19H30N4O3. The van der Waals surface area contributed by atoms with Crippen LogP contribution in [0.5, 0.6) is 0 Å². The number of nitrogens with zero attached hydrogens (tertiary/aromatic N) is 3. The molecule has 1 aliphatic carbocycles.